The van der Waals surface area contributed by atoms with Crippen molar-refractivity contribution in [1.82, 2.24) is 19.8 Å². The van der Waals surface area contributed by atoms with Crippen LogP contribution < -0.4 is 5.56 Å². The maximum absolute atomic E-state index is 12.6. The van der Waals surface area contributed by atoms with Gasteiger partial charge in [-0.25, -0.2) is 4.98 Å². The number of amides is 2. The third-order valence-corrected chi connectivity index (χ3v) is 8.60. The molecule has 0 bridgehead atoms. The molecule has 3 aliphatic rings. The Hall–Kier alpha value is -1.87. The maximum Gasteiger partial charge on any atom is 0.259 e. The van der Waals surface area contributed by atoms with Crippen LogP contribution in [0.1, 0.15) is 41.9 Å². The number of piperazine rings is 1. The molecule has 1 saturated heterocycles. The van der Waals surface area contributed by atoms with E-state index in [0.717, 1.165) is 48.7 Å². The zero-order valence-corrected chi connectivity index (χ0v) is 18.6. The molecule has 2 amide bonds. The zero-order valence-electron chi connectivity index (χ0n) is 16.9. The molecule has 1 saturated carbocycles. The number of aromatic nitrogens is 2. The van der Waals surface area contributed by atoms with Crippen molar-refractivity contribution in [2.75, 3.05) is 31.9 Å². The van der Waals surface area contributed by atoms with Gasteiger partial charge < -0.3 is 14.8 Å². The van der Waals surface area contributed by atoms with E-state index < -0.39 is 0 Å². The Morgan fingerprint density at radius 3 is 2.60 bits per heavy atom. The van der Waals surface area contributed by atoms with Crippen molar-refractivity contribution in [3.8, 4) is 0 Å². The second kappa shape index (κ2) is 8.34. The highest BCUT2D eigenvalue weighted by Gasteiger charge is 2.32. The highest BCUT2D eigenvalue weighted by atomic mass is 32.2. The van der Waals surface area contributed by atoms with E-state index in [1.165, 1.54) is 22.2 Å². The molecule has 9 heteroatoms. The minimum atomic E-state index is -0.0476. The van der Waals surface area contributed by atoms with Crippen LogP contribution in [0.4, 0.5) is 0 Å². The van der Waals surface area contributed by atoms with Gasteiger partial charge in [0.05, 0.1) is 16.9 Å². The molecule has 5 rings (SSSR count). The number of nitrogens with one attached hydrogen (secondary N) is 1. The first kappa shape index (κ1) is 20.1. The Bertz CT molecular complexity index is 1030. The number of thiophene rings is 1. The van der Waals surface area contributed by atoms with E-state index in [-0.39, 0.29) is 23.3 Å². The van der Waals surface area contributed by atoms with Crippen molar-refractivity contribution < 1.29 is 9.59 Å². The van der Waals surface area contributed by atoms with Gasteiger partial charge in [0.1, 0.15) is 10.7 Å². The molecule has 160 valence electrons. The van der Waals surface area contributed by atoms with E-state index in [4.69, 9.17) is 0 Å². The number of hydrogen-bond donors (Lipinski definition) is 1. The molecule has 0 spiro atoms. The molecule has 2 aliphatic carbocycles. The summed E-state index contributed by atoms with van der Waals surface area (Å²) >= 11 is 3.12. The zero-order chi connectivity index (χ0) is 20.7. The predicted octanol–water partition coefficient (Wildman–Crippen LogP) is 2.18. The number of carbonyl (C=O) groups excluding carboxylic acids is 2. The lowest BCUT2D eigenvalue weighted by molar-refractivity contribution is -0.143. The van der Waals surface area contributed by atoms with E-state index >= 15 is 0 Å². The van der Waals surface area contributed by atoms with E-state index in [0.29, 0.717) is 43.5 Å². The average molecular weight is 447 g/mol. The van der Waals surface area contributed by atoms with Crippen LogP contribution >= 0.6 is 23.1 Å². The summed E-state index contributed by atoms with van der Waals surface area (Å²) in [6.07, 6.45) is 6.35. The predicted molar refractivity (Wildman–Crippen MR) is 119 cm³/mol. The second-order valence-electron chi connectivity index (χ2n) is 8.38. The van der Waals surface area contributed by atoms with Gasteiger partial charge in [0.15, 0.2) is 0 Å². The van der Waals surface area contributed by atoms with Crippen LogP contribution in [-0.2, 0) is 28.2 Å². The van der Waals surface area contributed by atoms with Gasteiger partial charge in [-0.1, -0.05) is 6.42 Å². The third kappa shape index (κ3) is 3.77. The number of H-pyrrole nitrogens is 1. The van der Waals surface area contributed by atoms with Crippen molar-refractivity contribution in [1.29, 1.82) is 0 Å². The molecular formula is C21H26N4O3S2. The van der Waals surface area contributed by atoms with Gasteiger partial charge in [-0.05, 0) is 37.7 Å². The maximum atomic E-state index is 12.6. The highest BCUT2D eigenvalue weighted by molar-refractivity contribution is 7.99. The molecule has 3 heterocycles. The number of nitrogens with zero attached hydrogens (tertiary/aromatic N) is 3. The molecule has 2 aromatic rings. The summed E-state index contributed by atoms with van der Waals surface area (Å²) in [5.41, 5.74) is 1.14. The summed E-state index contributed by atoms with van der Waals surface area (Å²) in [7, 11) is 0. The fraction of sp³-hybridized carbons (Fsp3) is 0.619. The summed E-state index contributed by atoms with van der Waals surface area (Å²) < 4.78 is 0. The molecule has 0 aromatic carbocycles. The Labute approximate surface area is 183 Å². The first-order valence-corrected chi connectivity index (χ1v) is 12.7. The van der Waals surface area contributed by atoms with E-state index in [9.17, 15) is 14.4 Å². The van der Waals surface area contributed by atoms with Crippen molar-refractivity contribution >= 4 is 45.1 Å². The molecular weight excluding hydrogens is 420 g/mol. The Morgan fingerprint density at radius 1 is 1.10 bits per heavy atom. The van der Waals surface area contributed by atoms with Gasteiger partial charge in [-0.15, -0.1) is 23.1 Å². The molecule has 2 fully saturated rings. The fourth-order valence-electron chi connectivity index (χ4n) is 4.53. The molecule has 0 radical (unpaired) electrons. The number of aromatic amines is 1. The summed E-state index contributed by atoms with van der Waals surface area (Å²) in [6, 6.07) is 0. The molecule has 30 heavy (non-hydrogen) atoms. The lowest BCUT2D eigenvalue weighted by atomic mass is 9.84. The number of hydrogen-bond acceptors (Lipinski definition) is 6. The minimum absolute atomic E-state index is 0.0476. The van der Waals surface area contributed by atoms with Gasteiger partial charge in [0, 0.05) is 37.0 Å². The highest BCUT2D eigenvalue weighted by Crippen LogP contribution is 2.34. The number of thioether (sulfide) groups is 1. The monoisotopic (exact) mass is 446 g/mol. The molecule has 0 atom stereocenters. The number of rotatable bonds is 5. The van der Waals surface area contributed by atoms with Crippen LogP contribution in [0.25, 0.3) is 10.2 Å². The number of fused-ring (bicyclic) bond motifs is 3. The smallest absolute Gasteiger partial charge is 0.259 e. The van der Waals surface area contributed by atoms with Gasteiger partial charge in [0.25, 0.3) is 5.56 Å². The van der Waals surface area contributed by atoms with Crippen LogP contribution in [0.3, 0.4) is 0 Å². The van der Waals surface area contributed by atoms with Crippen LogP contribution in [0.2, 0.25) is 0 Å². The standard InChI is InChI=1S/C21H26N4O3S2/c26-17(24-7-9-25(10-8-24)21(28)13-3-1-4-13)12-29-11-16-22-19(27)18-14-5-2-6-15(14)30-20(18)23-16/h13H,1-12H2,(H,22,23,27). The Morgan fingerprint density at radius 2 is 1.87 bits per heavy atom. The average Bonchev–Trinajstić information content (AvgIpc) is 3.27. The van der Waals surface area contributed by atoms with Crippen LogP contribution in [-0.4, -0.2) is 63.5 Å². The third-order valence-electron chi connectivity index (χ3n) is 6.49. The summed E-state index contributed by atoms with van der Waals surface area (Å²) in [5.74, 6) is 2.10. The number of carbonyl (C=O) groups is 2. The van der Waals surface area contributed by atoms with E-state index in [1.54, 1.807) is 11.3 Å². The Kier molecular flexibility index (Phi) is 5.58. The summed E-state index contributed by atoms with van der Waals surface area (Å²) in [5, 5.41) is 0.770. The lowest BCUT2D eigenvalue weighted by Gasteiger charge is -2.38. The molecule has 2 aromatic heterocycles. The normalized spacial score (nSPS) is 19.2. The largest absolute Gasteiger partial charge is 0.339 e. The molecule has 1 N–H and O–H groups in total. The number of aryl methyl sites for hydroxylation is 2. The van der Waals surface area contributed by atoms with Crippen molar-refractivity contribution in [2.24, 2.45) is 5.92 Å². The second-order valence-corrected chi connectivity index (χ2v) is 10.4. The SMILES string of the molecule is O=C(CSCc1nc2sc3c(c2c(=O)[nH]1)CCC3)N1CCN(C(=O)C2CCC2)CC1. The first-order valence-electron chi connectivity index (χ1n) is 10.8. The van der Waals surface area contributed by atoms with Gasteiger partial charge >= 0.3 is 0 Å². The van der Waals surface area contributed by atoms with Crippen LogP contribution in [0, 0.1) is 5.92 Å². The quantitative estimate of drug-likeness (QED) is 0.761. The van der Waals surface area contributed by atoms with Gasteiger partial charge in [-0.3, -0.25) is 14.4 Å². The van der Waals surface area contributed by atoms with E-state index in [1.807, 2.05) is 9.80 Å². The van der Waals surface area contributed by atoms with Gasteiger partial charge in [-0.2, -0.15) is 0 Å². The van der Waals surface area contributed by atoms with Crippen LogP contribution in [0.15, 0.2) is 4.79 Å². The van der Waals surface area contributed by atoms with Crippen LogP contribution in [0.5, 0.6) is 0 Å². The molecule has 7 nitrogen and oxygen atoms in total. The fourth-order valence-corrected chi connectivity index (χ4v) is 6.60. The molecule has 0 unspecified atom stereocenters. The van der Waals surface area contributed by atoms with Crippen molar-refractivity contribution in [3.05, 3.63) is 26.6 Å². The van der Waals surface area contributed by atoms with Gasteiger partial charge in [0.2, 0.25) is 11.8 Å². The van der Waals surface area contributed by atoms with E-state index in [2.05, 4.69) is 9.97 Å². The van der Waals surface area contributed by atoms with Crippen molar-refractivity contribution in [2.45, 2.75) is 44.3 Å². The summed E-state index contributed by atoms with van der Waals surface area (Å²) in [6.45, 7) is 2.50. The van der Waals surface area contributed by atoms with Crippen molar-refractivity contribution in [3.63, 3.8) is 0 Å². The topological polar surface area (TPSA) is 86.4 Å². The Balaban J connectivity index is 1.12. The minimum Gasteiger partial charge on any atom is -0.339 e. The first-order chi connectivity index (χ1) is 14.6. The lowest BCUT2D eigenvalue weighted by Crippen LogP contribution is -2.53. The summed E-state index contributed by atoms with van der Waals surface area (Å²) in [4.78, 5) is 50.9. The molecule has 1 aliphatic heterocycles.